The summed E-state index contributed by atoms with van der Waals surface area (Å²) in [7, 11) is 0. The largest absolute Gasteiger partial charge is 0.434 e. The Morgan fingerprint density at radius 3 is 2.74 bits per heavy atom. The van der Waals surface area contributed by atoms with E-state index >= 15 is 0 Å². The molecule has 1 aromatic rings. The Kier molecular flexibility index (Phi) is 3.70. The Labute approximate surface area is 107 Å². The zero-order chi connectivity index (χ0) is 14.0. The number of hydrogen-bond donors (Lipinski definition) is 1. The van der Waals surface area contributed by atoms with Crippen LogP contribution in [0, 0.1) is 0 Å². The molecule has 8 heteroatoms. The first-order chi connectivity index (χ1) is 8.87. The number of carbonyl (C=O) groups excluding carboxylic acids is 1. The van der Waals surface area contributed by atoms with Gasteiger partial charge in [0.25, 0.3) is 0 Å². The summed E-state index contributed by atoms with van der Waals surface area (Å²) in [5, 5.41) is 0. The summed E-state index contributed by atoms with van der Waals surface area (Å²) in [6.07, 6.45) is -0.937. The molecule has 0 amide bonds. The van der Waals surface area contributed by atoms with Crippen LogP contribution in [-0.2, 0) is 9.47 Å². The predicted octanol–water partition coefficient (Wildman–Crippen LogP) is 2.10. The lowest BCUT2D eigenvalue weighted by molar-refractivity contribution is -0.190. The number of hydrogen-bond acceptors (Lipinski definition) is 4. The molecule has 2 N–H and O–H groups in total. The number of carbonyl (C=O) groups is 1. The van der Waals surface area contributed by atoms with Crippen molar-refractivity contribution in [2.75, 3.05) is 19.1 Å². The molecule has 2 rings (SSSR count). The average Bonchev–Trinajstić information content (AvgIpc) is 3.06. The van der Waals surface area contributed by atoms with Crippen molar-refractivity contribution >= 4 is 11.7 Å². The Balaban J connectivity index is 1.86. The highest BCUT2D eigenvalue weighted by atomic mass is 19.4. The van der Waals surface area contributed by atoms with Crippen molar-refractivity contribution in [2.45, 2.75) is 25.1 Å². The van der Waals surface area contributed by atoms with Crippen LogP contribution in [-0.4, -0.2) is 30.1 Å². The second-order valence-corrected chi connectivity index (χ2v) is 4.31. The highest BCUT2D eigenvalue weighted by Crippen LogP contribution is 2.37. The number of halogens is 3. The van der Waals surface area contributed by atoms with Crippen molar-refractivity contribution in [3.63, 3.8) is 0 Å². The molecule has 0 aromatic carbocycles. The maximum atomic E-state index is 11.8. The fraction of sp³-hybridized carbons (Fsp3) is 0.545. The molecule has 0 unspecified atom stereocenters. The first-order valence-corrected chi connectivity index (χ1v) is 5.66. The number of nitrogen functional groups attached to an aromatic ring is 1. The molecule has 19 heavy (non-hydrogen) atoms. The van der Waals surface area contributed by atoms with Gasteiger partial charge in [-0.2, -0.15) is 13.2 Å². The maximum Gasteiger partial charge on any atom is 0.411 e. The molecule has 0 radical (unpaired) electrons. The standard InChI is InChI=1S/C11H13F3N2O3/c12-11(13,14)5-18-6-19-10(17)9-3-7(15)4-16(9)8-1-2-8/h3-4,8H,1-2,5-6,15H2. The Hall–Kier alpha value is -1.70. The van der Waals surface area contributed by atoms with Crippen molar-refractivity contribution in [1.29, 1.82) is 0 Å². The van der Waals surface area contributed by atoms with Gasteiger partial charge in [0.15, 0.2) is 6.79 Å². The van der Waals surface area contributed by atoms with E-state index in [1.54, 1.807) is 10.8 Å². The van der Waals surface area contributed by atoms with Crippen LogP contribution in [0.4, 0.5) is 18.9 Å². The van der Waals surface area contributed by atoms with Gasteiger partial charge in [-0.1, -0.05) is 0 Å². The fourth-order valence-electron chi connectivity index (χ4n) is 1.65. The zero-order valence-corrected chi connectivity index (χ0v) is 9.94. The topological polar surface area (TPSA) is 66.5 Å². The highest BCUT2D eigenvalue weighted by Gasteiger charge is 2.29. The van der Waals surface area contributed by atoms with Crippen LogP contribution in [0.1, 0.15) is 29.4 Å². The van der Waals surface area contributed by atoms with Crippen molar-refractivity contribution in [2.24, 2.45) is 0 Å². The third kappa shape index (κ3) is 3.88. The van der Waals surface area contributed by atoms with Gasteiger partial charge >= 0.3 is 12.1 Å². The molecule has 1 aromatic heterocycles. The smallest absolute Gasteiger partial charge is 0.411 e. The molecule has 0 atom stereocenters. The van der Waals surface area contributed by atoms with Crippen LogP contribution in [0.3, 0.4) is 0 Å². The zero-order valence-electron chi connectivity index (χ0n) is 9.94. The summed E-state index contributed by atoms with van der Waals surface area (Å²) >= 11 is 0. The van der Waals surface area contributed by atoms with Crippen LogP contribution >= 0.6 is 0 Å². The number of aromatic nitrogens is 1. The van der Waals surface area contributed by atoms with Gasteiger partial charge in [-0.15, -0.1) is 0 Å². The van der Waals surface area contributed by atoms with Gasteiger partial charge in [-0.3, -0.25) is 0 Å². The number of esters is 1. The molecule has 1 saturated carbocycles. The second kappa shape index (κ2) is 5.12. The molecular formula is C11H13F3N2O3. The summed E-state index contributed by atoms with van der Waals surface area (Å²) < 4.78 is 45.9. The number of nitrogens with zero attached hydrogens (tertiary/aromatic N) is 1. The second-order valence-electron chi connectivity index (χ2n) is 4.31. The quantitative estimate of drug-likeness (QED) is 0.509. The Morgan fingerprint density at radius 1 is 1.47 bits per heavy atom. The molecule has 0 bridgehead atoms. The van der Waals surface area contributed by atoms with E-state index in [-0.39, 0.29) is 11.7 Å². The molecule has 1 heterocycles. The fourth-order valence-corrected chi connectivity index (χ4v) is 1.65. The van der Waals surface area contributed by atoms with E-state index in [0.717, 1.165) is 12.8 Å². The summed E-state index contributed by atoms with van der Waals surface area (Å²) in [5.41, 5.74) is 6.23. The van der Waals surface area contributed by atoms with Gasteiger partial charge in [0.05, 0.1) is 5.69 Å². The summed E-state index contributed by atoms with van der Waals surface area (Å²) in [5.74, 6) is -0.745. The number of rotatable bonds is 5. The van der Waals surface area contributed by atoms with E-state index in [0.29, 0.717) is 5.69 Å². The Bertz CT molecular complexity index is 466. The van der Waals surface area contributed by atoms with E-state index in [1.807, 2.05) is 0 Å². The van der Waals surface area contributed by atoms with Crippen molar-refractivity contribution in [3.05, 3.63) is 18.0 Å². The summed E-state index contributed by atoms with van der Waals surface area (Å²) in [4.78, 5) is 11.7. The SMILES string of the molecule is Nc1cc(C(=O)OCOCC(F)(F)F)n(C2CC2)c1. The minimum absolute atomic E-state index is 0.218. The third-order valence-electron chi connectivity index (χ3n) is 2.56. The lowest BCUT2D eigenvalue weighted by atomic mass is 10.4. The molecule has 1 aliphatic rings. The first kappa shape index (κ1) is 13.7. The van der Waals surface area contributed by atoms with Crippen LogP contribution in [0.2, 0.25) is 0 Å². The molecule has 5 nitrogen and oxygen atoms in total. The maximum absolute atomic E-state index is 11.8. The summed E-state index contributed by atoms with van der Waals surface area (Å²) in [6, 6.07) is 1.65. The van der Waals surface area contributed by atoms with Crippen molar-refractivity contribution < 1.29 is 27.4 Å². The van der Waals surface area contributed by atoms with Crippen LogP contribution in [0.25, 0.3) is 0 Å². The highest BCUT2D eigenvalue weighted by molar-refractivity contribution is 5.89. The normalized spacial score (nSPS) is 15.5. The summed E-state index contributed by atoms with van der Waals surface area (Å²) in [6.45, 7) is -2.19. The van der Waals surface area contributed by atoms with Crippen LogP contribution in [0.15, 0.2) is 12.3 Å². The van der Waals surface area contributed by atoms with Crippen LogP contribution < -0.4 is 5.73 Å². The Morgan fingerprint density at radius 2 is 2.16 bits per heavy atom. The number of nitrogens with two attached hydrogens (primary N) is 1. The molecule has 1 fully saturated rings. The van der Waals surface area contributed by atoms with E-state index < -0.39 is 25.5 Å². The molecule has 1 aliphatic carbocycles. The lowest BCUT2D eigenvalue weighted by Gasteiger charge is -2.09. The number of alkyl halides is 3. The van der Waals surface area contributed by atoms with Crippen molar-refractivity contribution in [3.8, 4) is 0 Å². The van der Waals surface area contributed by atoms with E-state index in [2.05, 4.69) is 9.47 Å². The first-order valence-electron chi connectivity index (χ1n) is 5.66. The van der Waals surface area contributed by atoms with Gasteiger partial charge in [0, 0.05) is 12.2 Å². The molecule has 106 valence electrons. The van der Waals surface area contributed by atoms with E-state index in [4.69, 9.17) is 5.73 Å². The van der Waals surface area contributed by atoms with Gasteiger partial charge in [-0.05, 0) is 18.9 Å². The van der Waals surface area contributed by atoms with Gasteiger partial charge < -0.3 is 19.8 Å². The third-order valence-corrected chi connectivity index (χ3v) is 2.56. The van der Waals surface area contributed by atoms with E-state index in [1.165, 1.54) is 6.07 Å². The minimum atomic E-state index is -4.44. The molecular weight excluding hydrogens is 265 g/mol. The van der Waals surface area contributed by atoms with Gasteiger partial charge in [-0.25, -0.2) is 4.79 Å². The van der Waals surface area contributed by atoms with E-state index in [9.17, 15) is 18.0 Å². The lowest BCUT2D eigenvalue weighted by Crippen LogP contribution is -2.20. The molecule has 0 aliphatic heterocycles. The predicted molar refractivity (Wildman–Crippen MR) is 59.4 cm³/mol. The number of ether oxygens (including phenoxy) is 2. The van der Waals surface area contributed by atoms with Crippen molar-refractivity contribution in [1.82, 2.24) is 4.57 Å². The average molecular weight is 278 g/mol. The number of anilines is 1. The monoisotopic (exact) mass is 278 g/mol. The molecule has 0 spiro atoms. The minimum Gasteiger partial charge on any atom is -0.434 e. The van der Waals surface area contributed by atoms with Crippen LogP contribution in [0.5, 0.6) is 0 Å². The van der Waals surface area contributed by atoms with Gasteiger partial charge in [0.1, 0.15) is 12.3 Å². The van der Waals surface area contributed by atoms with Gasteiger partial charge in [0.2, 0.25) is 0 Å². The molecule has 0 saturated heterocycles.